The topological polar surface area (TPSA) is 127 Å². The molecule has 0 bridgehead atoms. The van der Waals surface area contributed by atoms with E-state index in [4.69, 9.17) is 0 Å². The smallest absolute Gasteiger partial charge is 0.282 e. The molecule has 0 radical (unpaired) electrons. The summed E-state index contributed by atoms with van der Waals surface area (Å²) in [7, 11) is 0. The van der Waals surface area contributed by atoms with E-state index < -0.39 is 34.9 Å². The highest BCUT2D eigenvalue weighted by atomic mass is 32.1. The Morgan fingerprint density at radius 2 is 2.11 bits per heavy atom. The molecule has 0 spiro atoms. The number of hydrogen-bond donors (Lipinski definition) is 1. The van der Waals surface area contributed by atoms with Crippen molar-refractivity contribution in [3.05, 3.63) is 62.9 Å². The lowest BCUT2D eigenvalue weighted by Crippen LogP contribution is -2.40. The third-order valence-electron chi connectivity index (χ3n) is 4.09. The van der Waals surface area contributed by atoms with Gasteiger partial charge in [-0.3, -0.25) is 33.8 Å². The van der Waals surface area contributed by atoms with Crippen LogP contribution in [0.5, 0.6) is 0 Å². The second kappa shape index (κ2) is 6.29. The Kier molecular flexibility index (Phi) is 3.92. The van der Waals surface area contributed by atoms with Crippen LogP contribution < -0.4 is 5.32 Å². The fraction of sp³-hybridized carbons (Fsp3) is 0.125. The summed E-state index contributed by atoms with van der Waals surface area (Å²) < 4.78 is 1.81. The normalized spacial score (nSPS) is 13.3. The lowest BCUT2D eigenvalue weighted by molar-refractivity contribution is -0.385. The summed E-state index contributed by atoms with van der Waals surface area (Å²) in [6, 6.07) is 3.81. The number of nitro groups is 1. The van der Waals surface area contributed by atoms with Crippen molar-refractivity contribution in [2.45, 2.75) is 6.54 Å². The third kappa shape index (κ3) is 2.83. The van der Waals surface area contributed by atoms with Crippen LogP contribution >= 0.6 is 11.3 Å². The minimum atomic E-state index is -0.847. The summed E-state index contributed by atoms with van der Waals surface area (Å²) >= 11 is 1.45. The Morgan fingerprint density at radius 1 is 1.30 bits per heavy atom. The largest absolute Gasteiger partial charge is 0.349 e. The maximum atomic E-state index is 12.4. The average molecular weight is 385 g/mol. The number of amides is 3. The zero-order valence-corrected chi connectivity index (χ0v) is 14.4. The molecule has 3 heterocycles. The molecule has 0 aliphatic carbocycles. The molecule has 11 heteroatoms. The summed E-state index contributed by atoms with van der Waals surface area (Å²) in [6.45, 7) is -0.387. The number of aromatic nitrogens is 2. The Morgan fingerprint density at radius 3 is 2.85 bits per heavy atom. The molecule has 27 heavy (non-hydrogen) atoms. The molecule has 10 nitrogen and oxygen atoms in total. The van der Waals surface area contributed by atoms with Gasteiger partial charge in [0.05, 0.1) is 22.7 Å². The highest BCUT2D eigenvalue weighted by Crippen LogP contribution is 2.30. The number of carbonyl (C=O) groups excluding carboxylic acids is 3. The van der Waals surface area contributed by atoms with Gasteiger partial charge < -0.3 is 5.32 Å². The number of rotatable bonds is 5. The molecule has 136 valence electrons. The molecule has 3 amide bonds. The third-order valence-corrected chi connectivity index (χ3v) is 4.86. The Hall–Kier alpha value is -3.60. The number of nitrogens with one attached hydrogen (secondary N) is 1. The summed E-state index contributed by atoms with van der Waals surface area (Å²) in [5, 5.41) is 15.6. The lowest BCUT2D eigenvalue weighted by Gasteiger charge is -2.13. The molecule has 1 aliphatic rings. The van der Waals surface area contributed by atoms with Gasteiger partial charge in [0.25, 0.3) is 17.5 Å². The molecule has 0 saturated carbocycles. The van der Waals surface area contributed by atoms with Gasteiger partial charge in [-0.15, -0.1) is 11.3 Å². The number of nitro benzene ring substituents is 1. The molecule has 1 aliphatic heterocycles. The van der Waals surface area contributed by atoms with Gasteiger partial charge in [-0.25, -0.2) is 4.98 Å². The van der Waals surface area contributed by atoms with E-state index in [1.54, 1.807) is 6.20 Å². The molecule has 3 aromatic rings. The van der Waals surface area contributed by atoms with E-state index in [-0.39, 0.29) is 17.7 Å². The van der Waals surface area contributed by atoms with Crippen LogP contribution in [0.1, 0.15) is 26.4 Å². The van der Waals surface area contributed by atoms with Crippen molar-refractivity contribution < 1.29 is 19.3 Å². The molecular weight excluding hydrogens is 374 g/mol. The van der Waals surface area contributed by atoms with Crippen molar-refractivity contribution in [1.29, 1.82) is 0 Å². The van der Waals surface area contributed by atoms with Crippen LogP contribution in [0.25, 0.3) is 4.96 Å². The van der Waals surface area contributed by atoms with Crippen LogP contribution in [0, 0.1) is 10.1 Å². The van der Waals surface area contributed by atoms with Gasteiger partial charge in [0, 0.05) is 23.8 Å². The number of fused-ring (bicyclic) bond motifs is 2. The Balaban J connectivity index is 1.46. The summed E-state index contributed by atoms with van der Waals surface area (Å²) in [4.78, 5) is 53.1. The fourth-order valence-corrected chi connectivity index (χ4v) is 3.58. The molecule has 0 atom stereocenters. The van der Waals surface area contributed by atoms with Crippen molar-refractivity contribution in [3.63, 3.8) is 0 Å². The van der Waals surface area contributed by atoms with E-state index >= 15 is 0 Å². The second-order valence-corrected chi connectivity index (χ2v) is 6.63. The number of hydrogen-bond acceptors (Lipinski definition) is 7. The van der Waals surface area contributed by atoms with Crippen molar-refractivity contribution >= 4 is 39.7 Å². The first-order chi connectivity index (χ1) is 13.0. The van der Waals surface area contributed by atoms with Crippen LogP contribution in [-0.2, 0) is 11.3 Å². The standard InChI is InChI=1S/C16H11N5O5S/c22-12(17-6-9-7-19-4-5-27-16(19)18-9)8-20-14(23)10-2-1-3-11(21(25)26)13(10)15(20)24/h1-5,7H,6,8H2,(H,17,22). The van der Waals surface area contributed by atoms with Gasteiger partial charge in [0.15, 0.2) is 4.96 Å². The van der Waals surface area contributed by atoms with Gasteiger partial charge in [-0.2, -0.15) is 0 Å². The average Bonchev–Trinajstić information content (AvgIpc) is 3.29. The van der Waals surface area contributed by atoms with E-state index in [0.717, 1.165) is 11.0 Å². The van der Waals surface area contributed by atoms with Crippen LogP contribution in [0.2, 0.25) is 0 Å². The van der Waals surface area contributed by atoms with Gasteiger partial charge in [-0.05, 0) is 6.07 Å². The predicted molar refractivity (Wildman–Crippen MR) is 93.4 cm³/mol. The SMILES string of the molecule is O=C(CN1C(=O)c2cccc([N+](=O)[O-])c2C1=O)NCc1cn2ccsc2n1. The second-order valence-electron chi connectivity index (χ2n) is 5.76. The monoisotopic (exact) mass is 385 g/mol. The molecule has 0 unspecified atom stereocenters. The highest BCUT2D eigenvalue weighted by Gasteiger charge is 2.41. The molecular formula is C16H11N5O5S. The van der Waals surface area contributed by atoms with E-state index in [1.807, 2.05) is 16.0 Å². The molecule has 1 aromatic carbocycles. The van der Waals surface area contributed by atoms with Crippen molar-refractivity contribution in [2.24, 2.45) is 0 Å². The van der Waals surface area contributed by atoms with Gasteiger partial charge in [0.1, 0.15) is 12.1 Å². The first-order valence-electron chi connectivity index (χ1n) is 7.77. The minimum Gasteiger partial charge on any atom is -0.349 e. The summed E-state index contributed by atoms with van der Waals surface area (Å²) in [5.74, 6) is -2.14. The number of carbonyl (C=O) groups is 3. The van der Waals surface area contributed by atoms with E-state index in [2.05, 4.69) is 10.3 Å². The molecule has 4 rings (SSSR count). The summed E-state index contributed by atoms with van der Waals surface area (Å²) in [5.41, 5.74) is -0.175. The molecule has 0 saturated heterocycles. The van der Waals surface area contributed by atoms with Crippen LogP contribution in [0.3, 0.4) is 0 Å². The zero-order chi connectivity index (χ0) is 19.1. The number of benzene rings is 1. The van der Waals surface area contributed by atoms with Crippen molar-refractivity contribution in [3.8, 4) is 0 Å². The van der Waals surface area contributed by atoms with E-state index in [9.17, 15) is 24.5 Å². The number of imidazole rings is 1. The van der Waals surface area contributed by atoms with Crippen molar-refractivity contribution in [2.75, 3.05) is 6.54 Å². The number of imide groups is 1. The first kappa shape index (κ1) is 16.8. The van der Waals surface area contributed by atoms with Gasteiger partial charge in [-0.1, -0.05) is 6.07 Å². The first-order valence-corrected chi connectivity index (χ1v) is 8.65. The highest BCUT2D eigenvalue weighted by molar-refractivity contribution is 7.15. The van der Waals surface area contributed by atoms with E-state index in [0.29, 0.717) is 10.6 Å². The van der Waals surface area contributed by atoms with Crippen LogP contribution in [0.4, 0.5) is 5.69 Å². The molecule has 0 fully saturated rings. The number of nitrogens with zero attached hydrogens (tertiary/aromatic N) is 4. The Labute approximate surface area is 155 Å². The quantitative estimate of drug-likeness (QED) is 0.400. The molecule has 1 N–H and O–H groups in total. The minimum absolute atomic E-state index is 0.0728. The maximum absolute atomic E-state index is 12.4. The lowest BCUT2D eigenvalue weighted by atomic mass is 10.1. The Bertz CT molecular complexity index is 1090. The maximum Gasteiger partial charge on any atom is 0.282 e. The predicted octanol–water partition coefficient (Wildman–Crippen LogP) is 1.22. The van der Waals surface area contributed by atoms with E-state index in [1.165, 1.54) is 23.5 Å². The molecule has 2 aromatic heterocycles. The van der Waals surface area contributed by atoms with Crippen molar-refractivity contribution in [1.82, 2.24) is 19.6 Å². The fourth-order valence-electron chi connectivity index (χ4n) is 2.86. The van der Waals surface area contributed by atoms with Crippen LogP contribution in [0.15, 0.2) is 36.0 Å². The number of thiazole rings is 1. The van der Waals surface area contributed by atoms with Crippen LogP contribution in [-0.4, -0.2) is 43.5 Å². The zero-order valence-electron chi connectivity index (χ0n) is 13.6. The van der Waals surface area contributed by atoms with Gasteiger partial charge >= 0.3 is 0 Å². The summed E-state index contributed by atoms with van der Waals surface area (Å²) in [6.07, 6.45) is 3.60. The van der Waals surface area contributed by atoms with Gasteiger partial charge in [0.2, 0.25) is 5.91 Å².